The monoisotopic (exact) mass is 553 g/mol. The maximum Gasteiger partial charge on any atom is 0.273 e. The molecule has 210 valence electrons. The summed E-state index contributed by atoms with van der Waals surface area (Å²) < 4.78 is 46.8. The molecule has 3 aromatic rings. The zero-order valence-corrected chi connectivity index (χ0v) is 21.8. The Morgan fingerprint density at radius 2 is 1.77 bits per heavy atom. The topological polar surface area (TPSA) is 100 Å². The molecule has 0 unspecified atom stereocenters. The Bertz CT molecular complexity index is 1380. The Kier molecular flexibility index (Phi) is 7.07. The smallest absolute Gasteiger partial charge is 0.273 e. The van der Waals surface area contributed by atoms with Crippen molar-refractivity contribution in [3.63, 3.8) is 0 Å². The molecule has 6 rings (SSSR count). The van der Waals surface area contributed by atoms with E-state index < -0.39 is 46.4 Å². The van der Waals surface area contributed by atoms with Gasteiger partial charge in [0.1, 0.15) is 17.5 Å². The van der Waals surface area contributed by atoms with Gasteiger partial charge in [0.2, 0.25) is 5.91 Å². The van der Waals surface area contributed by atoms with Crippen molar-refractivity contribution in [2.45, 2.75) is 62.6 Å². The van der Waals surface area contributed by atoms with Crippen LogP contribution in [0.15, 0.2) is 47.1 Å². The predicted octanol–water partition coefficient (Wildman–Crippen LogP) is 4.32. The number of piperidine rings is 1. The van der Waals surface area contributed by atoms with Crippen LogP contribution in [0.1, 0.15) is 61.1 Å². The maximum absolute atomic E-state index is 14.2. The van der Waals surface area contributed by atoms with E-state index in [0.29, 0.717) is 31.1 Å². The lowest BCUT2D eigenvalue weighted by atomic mass is 9.89. The molecule has 1 saturated heterocycles. The Labute approximate surface area is 229 Å². The van der Waals surface area contributed by atoms with Crippen LogP contribution in [0.3, 0.4) is 0 Å². The third-order valence-corrected chi connectivity index (χ3v) is 8.40. The van der Waals surface area contributed by atoms with Gasteiger partial charge in [0.25, 0.3) is 5.91 Å². The Balaban J connectivity index is 1.20. The number of hydrogen-bond donors (Lipinski definition) is 2. The Morgan fingerprint density at radius 1 is 1.02 bits per heavy atom. The van der Waals surface area contributed by atoms with Crippen LogP contribution in [-0.4, -0.2) is 52.0 Å². The predicted molar refractivity (Wildman–Crippen MR) is 138 cm³/mol. The van der Waals surface area contributed by atoms with Crippen molar-refractivity contribution < 1.29 is 27.3 Å². The first-order valence-corrected chi connectivity index (χ1v) is 13.7. The van der Waals surface area contributed by atoms with Crippen molar-refractivity contribution in [2.24, 2.45) is 5.92 Å². The number of likely N-dealkylation sites (tertiary alicyclic amines) is 1. The van der Waals surface area contributed by atoms with Crippen molar-refractivity contribution in [2.75, 3.05) is 13.1 Å². The van der Waals surface area contributed by atoms with Gasteiger partial charge in [0.05, 0.1) is 22.7 Å². The number of rotatable bonds is 7. The molecule has 2 aliphatic carbocycles. The highest BCUT2D eigenvalue weighted by molar-refractivity contribution is 5.94. The fraction of sp³-hybridized carbons (Fsp3) is 0.448. The number of halogens is 3. The minimum Gasteiger partial charge on any atom is -0.355 e. The van der Waals surface area contributed by atoms with Crippen molar-refractivity contribution in [3.8, 4) is 11.3 Å². The number of pyridine rings is 1. The number of benzene rings is 1. The van der Waals surface area contributed by atoms with Gasteiger partial charge in [-0.25, -0.2) is 13.2 Å². The van der Waals surface area contributed by atoms with Gasteiger partial charge in [-0.2, -0.15) is 0 Å². The number of carbonyl (C=O) groups is 2. The average molecular weight is 554 g/mol. The van der Waals surface area contributed by atoms with Gasteiger partial charge < -0.3 is 15.2 Å². The Hall–Kier alpha value is -3.73. The van der Waals surface area contributed by atoms with Crippen molar-refractivity contribution >= 4 is 11.8 Å². The van der Waals surface area contributed by atoms with Gasteiger partial charge >= 0.3 is 0 Å². The van der Waals surface area contributed by atoms with Crippen molar-refractivity contribution in [1.29, 1.82) is 0 Å². The molecule has 2 amide bonds. The van der Waals surface area contributed by atoms with Crippen LogP contribution < -0.4 is 10.6 Å². The van der Waals surface area contributed by atoms with Crippen LogP contribution in [0.2, 0.25) is 0 Å². The summed E-state index contributed by atoms with van der Waals surface area (Å²) >= 11 is 0. The Morgan fingerprint density at radius 3 is 2.45 bits per heavy atom. The first-order chi connectivity index (χ1) is 19.3. The molecule has 8 nitrogen and oxygen atoms in total. The second-order valence-corrected chi connectivity index (χ2v) is 11.0. The minimum atomic E-state index is -1.17. The molecule has 2 N–H and O–H groups in total. The van der Waals surface area contributed by atoms with E-state index in [1.165, 1.54) is 12.8 Å². The molecular weight excluding hydrogens is 523 g/mol. The standard InChI is InChI=1S/C29H30F3N5O3/c30-17-13-20(31)26(21(32)14-17)24-15-23(36-40-24)28(39)34-22-8-12-37(18-5-1-2-6-18)16-19(22)27(38)35-29(9-10-29)25-7-3-4-11-33-25/h3-4,7,11,13-15,18-19,22H,1-2,5-6,8-10,12,16H2,(H,34,39)(H,35,38)/t19-,22-/m0/s1. The molecule has 0 radical (unpaired) electrons. The van der Waals surface area contributed by atoms with Crippen LogP contribution in [0.4, 0.5) is 13.2 Å². The van der Waals surface area contributed by atoms with Crippen LogP contribution in [0.25, 0.3) is 11.3 Å². The van der Waals surface area contributed by atoms with E-state index in [1.807, 2.05) is 18.2 Å². The van der Waals surface area contributed by atoms with Gasteiger partial charge in [-0.05, 0) is 44.2 Å². The lowest BCUT2D eigenvalue weighted by Crippen LogP contribution is -2.58. The second-order valence-electron chi connectivity index (χ2n) is 11.0. The fourth-order valence-electron chi connectivity index (χ4n) is 6.08. The normalized spacial score (nSPS) is 22.7. The number of aromatic nitrogens is 2. The van der Waals surface area contributed by atoms with Crippen LogP contribution in [0.5, 0.6) is 0 Å². The van der Waals surface area contributed by atoms with Crippen molar-refractivity contribution in [3.05, 3.63) is 71.4 Å². The third-order valence-electron chi connectivity index (χ3n) is 8.40. The second kappa shape index (κ2) is 10.7. The fourth-order valence-corrected chi connectivity index (χ4v) is 6.08. The number of amides is 2. The summed E-state index contributed by atoms with van der Waals surface area (Å²) in [6.07, 6.45) is 8.40. The van der Waals surface area contributed by atoms with Gasteiger partial charge in [0, 0.05) is 49.6 Å². The molecular formula is C29H30F3N5O3. The third kappa shape index (κ3) is 5.22. The van der Waals surface area contributed by atoms with E-state index in [-0.39, 0.29) is 17.4 Å². The molecule has 0 bridgehead atoms. The molecule has 2 saturated carbocycles. The maximum atomic E-state index is 14.2. The van der Waals surface area contributed by atoms with E-state index >= 15 is 0 Å². The summed E-state index contributed by atoms with van der Waals surface area (Å²) in [5.41, 5.74) is -0.475. The number of carbonyl (C=O) groups excluding carboxylic acids is 2. The van der Waals surface area contributed by atoms with Crippen molar-refractivity contribution in [1.82, 2.24) is 25.7 Å². The summed E-state index contributed by atoms with van der Waals surface area (Å²) in [5, 5.41) is 9.82. The SMILES string of the molecule is O=C(N[C@H]1CCN(C2CCCC2)C[C@@H]1C(=O)NC1(c2ccccn2)CC1)c1cc(-c2c(F)cc(F)cc2F)on1. The zero-order valence-electron chi connectivity index (χ0n) is 21.8. The molecule has 40 heavy (non-hydrogen) atoms. The number of nitrogens with one attached hydrogen (secondary N) is 2. The molecule has 1 aromatic carbocycles. The average Bonchev–Trinajstić information content (AvgIpc) is 3.29. The van der Waals surface area contributed by atoms with E-state index in [0.717, 1.165) is 44.0 Å². The number of hydrogen-bond acceptors (Lipinski definition) is 6. The molecule has 0 spiro atoms. The van der Waals surface area contributed by atoms with E-state index in [9.17, 15) is 22.8 Å². The van der Waals surface area contributed by atoms with Crippen LogP contribution >= 0.6 is 0 Å². The van der Waals surface area contributed by atoms with Gasteiger partial charge in [-0.3, -0.25) is 19.5 Å². The van der Waals surface area contributed by atoms with Gasteiger partial charge in [0.15, 0.2) is 11.5 Å². The lowest BCUT2D eigenvalue weighted by Gasteiger charge is -2.41. The summed E-state index contributed by atoms with van der Waals surface area (Å²) in [4.78, 5) is 33.7. The van der Waals surface area contributed by atoms with E-state index in [4.69, 9.17) is 4.52 Å². The summed E-state index contributed by atoms with van der Waals surface area (Å²) in [5.74, 6) is -5.03. The minimum absolute atomic E-state index is 0.146. The first-order valence-electron chi connectivity index (χ1n) is 13.7. The van der Waals surface area contributed by atoms with E-state index in [1.54, 1.807) is 6.20 Å². The van der Waals surface area contributed by atoms with Gasteiger partial charge in [-0.1, -0.05) is 24.1 Å². The molecule has 3 aliphatic rings. The molecule has 2 atom stereocenters. The van der Waals surface area contributed by atoms with Crippen LogP contribution in [0, 0.1) is 23.4 Å². The molecule has 2 aromatic heterocycles. The zero-order chi connectivity index (χ0) is 27.9. The molecule has 3 heterocycles. The van der Waals surface area contributed by atoms with Gasteiger partial charge in [-0.15, -0.1) is 0 Å². The van der Waals surface area contributed by atoms with E-state index in [2.05, 4.69) is 25.7 Å². The molecule has 1 aliphatic heterocycles. The summed E-state index contributed by atoms with van der Waals surface area (Å²) in [7, 11) is 0. The largest absolute Gasteiger partial charge is 0.355 e. The number of nitrogens with zero attached hydrogens (tertiary/aromatic N) is 3. The molecule has 3 fully saturated rings. The highest BCUT2D eigenvalue weighted by Crippen LogP contribution is 2.45. The lowest BCUT2D eigenvalue weighted by molar-refractivity contribution is -0.129. The quantitative estimate of drug-likeness (QED) is 0.452. The highest BCUT2D eigenvalue weighted by atomic mass is 19.1. The summed E-state index contributed by atoms with van der Waals surface area (Å²) in [6.45, 7) is 1.25. The first kappa shape index (κ1) is 26.5. The summed E-state index contributed by atoms with van der Waals surface area (Å²) in [6, 6.07) is 7.75. The highest BCUT2D eigenvalue weighted by Gasteiger charge is 2.49. The molecule has 11 heteroatoms. The van der Waals surface area contributed by atoms with Crippen LogP contribution in [-0.2, 0) is 10.3 Å².